The average molecular weight is 226 g/mol. The summed E-state index contributed by atoms with van der Waals surface area (Å²) >= 11 is 0. The van der Waals surface area contributed by atoms with Crippen molar-refractivity contribution in [3.63, 3.8) is 0 Å². The summed E-state index contributed by atoms with van der Waals surface area (Å²) in [5.41, 5.74) is 5.97. The molecule has 1 aliphatic carbocycles. The molecule has 1 saturated heterocycles. The number of nitrogens with zero attached hydrogens (tertiary/aromatic N) is 1. The van der Waals surface area contributed by atoms with Crippen LogP contribution in [0.15, 0.2) is 0 Å². The van der Waals surface area contributed by atoms with Crippen molar-refractivity contribution in [2.75, 3.05) is 20.2 Å². The van der Waals surface area contributed by atoms with Gasteiger partial charge in [-0.05, 0) is 38.0 Å². The van der Waals surface area contributed by atoms with Crippen LogP contribution >= 0.6 is 0 Å². The molecule has 4 heteroatoms. The van der Waals surface area contributed by atoms with Crippen molar-refractivity contribution in [2.24, 2.45) is 17.6 Å². The Hall–Kier alpha value is -0.610. The van der Waals surface area contributed by atoms with Crippen LogP contribution < -0.4 is 5.73 Å². The first-order valence-corrected chi connectivity index (χ1v) is 6.19. The highest BCUT2D eigenvalue weighted by Gasteiger charge is 2.39. The molecule has 0 aromatic rings. The molecule has 2 N–H and O–H groups in total. The molecule has 16 heavy (non-hydrogen) atoms. The topological polar surface area (TPSA) is 55.6 Å². The number of amides is 1. The Morgan fingerprint density at radius 3 is 2.75 bits per heavy atom. The van der Waals surface area contributed by atoms with Crippen LogP contribution in [0.4, 0.5) is 0 Å². The zero-order valence-electron chi connectivity index (χ0n) is 10.2. The Kier molecular flexibility index (Phi) is 3.50. The minimum atomic E-state index is -0.311. The summed E-state index contributed by atoms with van der Waals surface area (Å²) in [7, 11) is 1.58. The van der Waals surface area contributed by atoms with Gasteiger partial charge in [-0.3, -0.25) is 4.79 Å². The molecule has 0 aromatic heterocycles. The second-order valence-corrected chi connectivity index (χ2v) is 5.21. The average Bonchev–Trinajstić information content (AvgIpc) is 2.69. The standard InChI is InChI=1S/C12H22N2O2/c1-8(16-2)12(15)14-6-9-3-4-11(13)5-10(9)7-14/h8-11H,3-7,13H2,1-2H3/t8?,9-,10+,11?/m1/s1. The first-order valence-electron chi connectivity index (χ1n) is 6.19. The summed E-state index contributed by atoms with van der Waals surface area (Å²) in [5, 5.41) is 0. The Bertz CT molecular complexity index is 270. The van der Waals surface area contributed by atoms with Crippen LogP contribution in [0.1, 0.15) is 26.2 Å². The molecule has 0 bridgehead atoms. The van der Waals surface area contributed by atoms with E-state index in [0.717, 1.165) is 25.9 Å². The van der Waals surface area contributed by atoms with E-state index in [-0.39, 0.29) is 12.0 Å². The van der Waals surface area contributed by atoms with Gasteiger partial charge in [-0.15, -0.1) is 0 Å². The third-order valence-electron chi connectivity index (χ3n) is 4.10. The quantitative estimate of drug-likeness (QED) is 0.750. The first-order chi connectivity index (χ1) is 7.61. The van der Waals surface area contributed by atoms with E-state index in [9.17, 15) is 4.79 Å². The lowest BCUT2D eigenvalue weighted by atomic mass is 9.79. The van der Waals surface area contributed by atoms with Crippen LogP contribution in [0.3, 0.4) is 0 Å². The molecular weight excluding hydrogens is 204 g/mol. The van der Waals surface area contributed by atoms with E-state index < -0.39 is 0 Å². The molecule has 2 unspecified atom stereocenters. The van der Waals surface area contributed by atoms with Crippen molar-refractivity contribution in [1.82, 2.24) is 4.90 Å². The van der Waals surface area contributed by atoms with Gasteiger partial charge in [0.1, 0.15) is 6.10 Å². The van der Waals surface area contributed by atoms with Crippen molar-refractivity contribution in [1.29, 1.82) is 0 Å². The molecule has 2 fully saturated rings. The molecule has 0 aromatic carbocycles. The Balaban J connectivity index is 1.94. The van der Waals surface area contributed by atoms with Crippen LogP contribution in [-0.2, 0) is 9.53 Å². The maximum Gasteiger partial charge on any atom is 0.251 e. The van der Waals surface area contributed by atoms with E-state index in [1.165, 1.54) is 6.42 Å². The van der Waals surface area contributed by atoms with Crippen molar-refractivity contribution < 1.29 is 9.53 Å². The number of rotatable bonds is 2. The molecule has 2 aliphatic rings. The number of likely N-dealkylation sites (tertiary alicyclic amines) is 1. The second kappa shape index (κ2) is 4.72. The summed E-state index contributed by atoms with van der Waals surface area (Å²) in [5.74, 6) is 1.43. The SMILES string of the molecule is COC(C)C(=O)N1C[C@H]2CCC(N)C[C@H]2C1. The lowest BCUT2D eigenvalue weighted by Crippen LogP contribution is -2.37. The van der Waals surface area contributed by atoms with Crippen LogP contribution in [-0.4, -0.2) is 43.2 Å². The zero-order chi connectivity index (χ0) is 11.7. The van der Waals surface area contributed by atoms with Gasteiger partial charge in [-0.1, -0.05) is 0 Å². The van der Waals surface area contributed by atoms with E-state index in [1.54, 1.807) is 7.11 Å². The number of hydrogen-bond acceptors (Lipinski definition) is 3. The van der Waals surface area contributed by atoms with Crippen molar-refractivity contribution in [2.45, 2.75) is 38.3 Å². The maximum atomic E-state index is 12.0. The summed E-state index contributed by atoms with van der Waals surface area (Å²) in [6.07, 6.45) is 3.06. The van der Waals surface area contributed by atoms with Gasteiger partial charge >= 0.3 is 0 Å². The predicted octanol–water partition coefficient (Wildman–Crippen LogP) is 0.607. The second-order valence-electron chi connectivity index (χ2n) is 5.21. The molecule has 1 heterocycles. The minimum Gasteiger partial charge on any atom is -0.372 e. The molecule has 1 aliphatic heterocycles. The smallest absolute Gasteiger partial charge is 0.251 e. The number of nitrogens with two attached hydrogens (primary N) is 1. The van der Waals surface area contributed by atoms with Gasteiger partial charge in [0.2, 0.25) is 0 Å². The number of fused-ring (bicyclic) bond motifs is 1. The van der Waals surface area contributed by atoms with Crippen molar-refractivity contribution >= 4 is 5.91 Å². The third-order valence-corrected chi connectivity index (χ3v) is 4.10. The summed E-state index contributed by atoms with van der Waals surface area (Å²) < 4.78 is 5.08. The fourth-order valence-electron chi connectivity index (χ4n) is 3.01. The fraction of sp³-hybridized carbons (Fsp3) is 0.917. The van der Waals surface area contributed by atoms with Gasteiger partial charge in [-0.25, -0.2) is 0 Å². The highest BCUT2D eigenvalue weighted by atomic mass is 16.5. The summed E-state index contributed by atoms with van der Waals surface area (Å²) in [6, 6.07) is 0.344. The number of ether oxygens (including phenoxy) is 1. The lowest BCUT2D eigenvalue weighted by molar-refractivity contribution is -0.140. The van der Waals surface area contributed by atoms with Gasteiger partial charge in [0.05, 0.1) is 0 Å². The van der Waals surface area contributed by atoms with E-state index >= 15 is 0 Å². The predicted molar refractivity (Wildman–Crippen MR) is 61.9 cm³/mol. The molecule has 1 amide bonds. The van der Waals surface area contributed by atoms with Gasteiger partial charge in [-0.2, -0.15) is 0 Å². The molecule has 2 rings (SSSR count). The van der Waals surface area contributed by atoms with E-state index in [4.69, 9.17) is 10.5 Å². The van der Waals surface area contributed by atoms with Gasteiger partial charge in [0.25, 0.3) is 5.91 Å². The van der Waals surface area contributed by atoms with Crippen LogP contribution in [0, 0.1) is 11.8 Å². The zero-order valence-corrected chi connectivity index (χ0v) is 10.2. The third kappa shape index (κ3) is 2.23. The molecule has 1 saturated carbocycles. The first kappa shape index (κ1) is 11.9. The van der Waals surface area contributed by atoms with Crippen molar-refractivity contribution in [3.8, 4) is 0 Å². The Morgan fingerprint density at radius 1 is 1.38 bits per heavy atom. The van der Waals surface area contributed by atoms with Gasteiger partial charge in [0.15, 0.2) is 0 Å². The molecule has 92 valence electrons. The largest absolute Gasteiger partial charge is 0.372 e. The number of hydrogen-bond donors (Lipinski definition) is 1. The van der Waals surface area contributed by atoms with E-state index in [0.29, 0.717) is 17.9 Å². The normalized spacial score (nSPS) is 35.9. The number of methoxy groups -OCH3 is 1. The Labute approximate surface area is 97.1 Å². The monoisotopic (exact) mass is 226 g/mol. The van der Waals surface area contributed by atoms with Crippen LogP contribution in [0.25, 0.3) is 0 Å². The minimum absolute atomic E-state index is 0.130. The fourth-order valence-corrected chi connectivity index (χ4v) is 3.01. The maximum absolute atomic E-state index is 12.0. The highest BCUT2D eigenvalue weighted by molar-refractivity contribution is 5.80. The molecule has 0 radical (unpaired) electrons. The molecular formula is C12H22N2O2. The highest BCUT2D eigenvalue weighted by Crippen LogP contribution is 2.35. The van der Waals surface area contributed by atoms with Crippen molar-refractivity contribution in [3.05, 3.63) is 0 Å². The Morgan fingerprint density at radius 2 is 2.06 bits per heavy atom. The van der Waals surface area contributed by atoms with Gasteiger partial charge in [0, 0.05) is 26.2 Å². The van der Waals surface area contributed by atoms with Crippen LogP contribution in [0.5, 0.6) is 0 Å². The molecule has 4 atom stereocenters. The number of carbonyl (C=O) groups excluding carboxylic acids is 1. The molecule has 0 spiro atoms. The summed E-state index contributed by atoms with van der Waals surface area (Å²) in [6.45, 7) is 3.60. The van der Waals surface area contributed by atoms with E-state index in [2.05, 4.69) is 0 Å². The van der Waals surface area contributed by atoms with Gasteiger partial charge < -0.3 is 15.4 Å². The van der Waals surface area contributed by atoms with E-state index in [1.807, 2.05) is 11.8 Å². The summed E-state index contributed by atoms with van der Waals surface area (Å²) in [4.78, 5) is 13.9. The van der Waals surface area contributed by atoms with Crippen LogP contribution in [0.2, 0.25) is 0 Å². The molecule has 4 nitrogen and oxygen atoms in total. The lowest BCUT2D eigenvalue weighted by Gasteiger charge is -2.27. The number of carbonyl (C=O) groups is 1.